The Morgan fingerprint density at radius 3 is 2.69 bits per heavy atom. The van der Waals surface area contributed by atoms with Gasteiger partial charge in [-0.15, -0.1) is 11.3 Å². The van der Waals surface area contributed by atoms with E-state index in [1.807, 2.05) is 11.3 Å². The Morgan fingerprint density at radius 1 is 1.31 bits per heavy atom. The van der Waals surface area contributed by atoms with Crippen molar-refractivity contribution < 1.29 is 0 Å². The maximum atomic E-state index is 3.47. The van der Waals surface area contributed by atoms with Crippen molar-refractivity contribution in [3.05, 3.63) is 19.9 Å². The summed E-state index contributed by atoms with van der Waals surface area (Å²) in [6, 6.07) is 2.25. The molecule has 1 heterocycles. The molecule has 0 amide bonds. The molecule has 0 saturated heterocycles. The van der Waals surface area contributed by atoms with Crippen molar-refractivity contribution >= 4 is 33.9 Å². The van der Waals surface area contributed by atoms with Crippen LogP contribution in [0.1, 0.15) is 25.8 Å². The van der Waals surface area contributed by atoms with Crippen LogP contribution >= 0.6 is 33.9 Å². The van der Waals surface area contributed by atoms with Crippen molar-refractivity contribution in [2.24, 2.45) is 5.92 Å². The zero-order valence-corrected chi connectivity index (χ0v) is 13.0. The van der Waals surface area contributed by atoms with Crippen LogP contribution < -0.4 is 10.6 Å². The van der Waals surface area contributed by atoms with E-state index in [4.69, 9.17) is 0 Å². The molecule has 0 spiro atoms. The predicted molar refractivity (Wildman–Crippen MR) is 81.1 cm³/mol. The SMILES string of the molecule is CC(C)CNCCCNCc1csc(I)c1. The van der Waals surface area contributed by atoms with Gasteiger partial charge in [0.15, 0.2) is 0 Å². The van der Waals surface area contributed by atoms with Gasteiger partial charge in [0.2, 0.25) is 0 Å². The van der Waals surface area contributed by atoms with E-state index in [9.17, 15) is 0 Å². The summed E-state index contributed by atoms with van der Waals surface area (Å²) < 4.78 is 1.37. The average molecular weight is 352 g/mol. The van der Waals surface area contributed by atoms with Crippen molar-refractivity contribution in [1.29, 1.82) is 0 Å². The molecule has 0 aliphatic heterocycles. The van der Waals surface area contributed by atoms with E-state index in [0.717, 1.165) is 32.1 Å². The van der Waals surface area contributed by atoms with Crippen LogP contribution in [0.3, 0.4) is 0 Å². The maximum absolute atomic E-state index is 3.47. The van der Waals surface area contributed by atoms with Crippen molar-refractivity contribution in [3.8, 4) is 0 Å². The fourth-order valence-corrected chi connectivity index (χ4v) is 2.82. The first kappa shape index (κ1) is 14.4. The van der Waals surface area contributed by atoms with Gasteiger partial charge in [0, 0.05) is 6.54 Å². The van der Waals surface area contributed by atoms with Crippen LogP contribution in [0.2, 0.25) is 0 Å². The van der Waals surface area contributed by atoms with Crippen molar-refractivity contribution in [2.45, 2.75) is 26.8 Å². The van der Waals surface area contributed by atoms with Gasteiger partial charge in [-0.25, -0.2) is 0 Å². The van der Waals surface area contributed by atoms with Gasteiger partial charge in [0.05, 0.1) is 2.88 Å². The minimum atomic E-state index is 0.751. The van der Waals surface area contributed by atoms with Gasteiger partial charge in [0.1, 0.15) is 0 Å². The van der Waals surface area contributed by atoms with Crippen LogP contribution in [-0.4, -0.2) is 19.6 Å². The third kappa shape index (κ3) is 6.83. The maximum Gasteiger partial charge on any atom is 0.0656 e. The Hall–Kier alpha value is 0.350. The standard InChI is InChI=1S/C12H21IN2S/c1-10(2)7-14-4-3-5-15-8-11-6-12(13)16-9-11/h6,9-10,14-15H,3-5,7-8H2,1-2H3. The van der Waals surface area contributed by atoms with E-state index in [1.165, 1.54) is 14.9 Å². The Kier molecular flexibility index (Phi) is 7.60. The molecule has 0 unspecified atom stereocenters. The lowest BCUT2D eigenvalue weighted by Gasteiger charge is -2.07. The second-order valence-electron chi connectivity index (χ2n) is 4.39. The molecule has 2 nitrogen and oxygen atoms in total. The lowest BCUT2D eigenvalue weighted by Crippen LogP contribution is -2.24. The molecular weight excluding hydrogens is 331 g/mol. The highest BCUT2D eigenvalue weighted by Crippen LogP contribution is 2.16. The normalized spacial score (nSPS) is 11.2. The second-order valence-corrected chi connectivity index (χ2v) is 7.19. The Balaban J connectivity index is 1.92. The molecule has 2 N–H and O–H groups in total. The van der Waals surface area contributed by atoms with Gasteiger partial charge in [-0.3, -0.25) is 0 Å². The van der Waals surface area contributed by atoms with Gasteiger partial charge in [-0.1, -0.05) is 13.8 Å². The van der Waals surface area contributed by atoms with E-state index in [0.29, 0.717) is 0 Å². The molecule has 1 aromatic heterocycles. The molecular formula is C12H21IN2S. The predicted octanol–water partition coefficient (Wildman–Crippen LogP) is 3.08. The summed E-state index contributed by atoms with van der Waals surface area (Å²) in [5.41, 5.74) is 1.41. The minimum Gasteiger partial charge on any atom is -0.316 e. The molecule has 0 fully saturated rings. The van der Waals surface area contributed by atoms with E-state index in [1.54, 1.807) is 0 Å². The molecule has 0 aromatic carbocycles. The first-order valence-electron chi connectivity index (χ1n) is 5.83. The fourth-order valence-electron chi connectivity index (χ4n) is 1.40. The summed E-state index contributed by atoms with van der Waals surface area (Å²) in [6.07, 6.45) is 1.20. The van der Waals surface area contributed by atoms with Gasteiger partial charge in [0.25, 0.3) is 0 Å². The van der Waals surface area contributed by atoms with Crippen LogP contribution in [0.25, 0.3) is 0 Å². The summed E-state index contributed by atoms with van der Waals surface area (Å²) in [7, 11) is 0. The summed E-state index contributed by atoms with van der Waals surface area (Å²) in [4.78, 5) is 0. The number of rotatable bonds is 8. The van der Waals surface area contributed by atoms with Crippen LogP contribution in [-0.2, 0) is 6.54 Å². The highest BCUT2D eigenvalue weighted by atomic mass is 127. The monoisotopic (exact) mass is 352 g/mol. The van der Waals surface area contributed by atoms with Gasteiger partial charge < -0.3 is 10.6 Å². The van der Waals surface area contributed by atoms with Crippen molar-refractivity contribution in [3.63, 3.8) is 0 Å². The fraction of sp³-hybridized carbons (Fsp3) is 0.667. The zero-order chi connectivity index (χ0) is 11.8. The molecule has 0 radical (unpaired) electrons. The molecule has 0 saturated carbocycles. The molecule has 1 rings (SSSR count). The summed E-state index contributed by atoms with van der Waals surface area (Å²) in [6.45, 7) is 8.82. The molecule has 0 aliphatic rings. The Labute approximate surface area is 116 Å². The second kappa shape index (κ2) is 8.44. The van der Waals surface area contributed by atoms with Crippen molar-refractivity contribution in [1.82, 2.24) is 10.6 Å². The van der Waals surface area contributed by atoms with Crippen LogP contribution in [0.5, 0.6) is 0 Å². The lowest BCUT2D eigenvalue weighted by molar-refractivity contribution is 0.530. The minimum absolute atomic E-state index is 0.751. The van der Waals surface area contributed by atoms with Crippen LogP contribution in [0, 0.1) is 8.80 Å². The number of halogens is 1. The smallest absolute Gasteiger partial charge is 0.0656 e. The third-order valence-corrected chi connectivity index (χ3v) is 4.05. The summed E-state index contributed by atoms with van der Waals surface area (Å²) in [5, 5.41) is 9.14. The Bertz CT molecular complexity index is 286. The molecule has 92 valence electrons. The average Bonchev–Trinajstić information content (AvgIpc) is 2.62. The molecule has 0 atom stereocenters. The molecule has 0 aliphatic carbocycles. The van der Waals surface area contributed by atoms with Gasteiger partial charge >= 0.3 is 0 Å². The largest absolute Gasteiger partial charge is 0.316 e. The Morgan fingerprint density at radius 2 is 2.06 bits per heavy atom. The number of nitrogens with one attached hydrogen (secondary N) is 2. The number of hydrogen-bond donors (Lipinski definition) is 2. The van der Waals surface area contributed by atoms with Gasteiger partial charge in [-0.05, 0) is 71.6 Å². The van der Waals surface area contributed by atoms with E-state index in [2.05, 4.69) is 58.5 Å². The first-order valence-corrected chi connectivity index (χ1v) is 7.78. The highest BCUT2D eigenvalue weighted by molar-refractivity contribution is 14.1. The van der Waals surface area contributed by atoms with Crippen molar-refractivity contribution in [2.75, 3.05) is 19.6 Å². The topological polar surface area (TPSA) is 24.1 Å². The van der Waals surface area contributed by atoms with E-state index >= 15 is 0 Å². The zero-order valence-electron chi connectivity index (χ0n) is 10.1. The molecule has 1 aromatic rings. The summed E-state index contributed by atoms with van der Waals surface area (Å²) in [5.74, 6) is 0.751. The van der Waals surface area contributed by atoms with E-state index < -0.39 is 0 Å². The summed E-state index contributed by atoms with van der Waals surface area (Å²) >= 11 is 4.18. The molecule has 0 bridgehead atoms. The van der Waals surface area contributed by atoms with Crippen LogP contribution in [0.15, 0.2) is 11.4 Å². The first-order chi connectivity index (χ1) is 7.68. The third-order valence-electron chi connectivity index (χ3n) is 2.21. The molecule has 16 heavy (non-hydrogen) atoms. The number of hydrogen-bond acceptors (Lipinski definition) is 3. The van der Waals surface area contributed by atoms with Crippen LogP contribution in [0.4, 0.5) is 0 Å². The quantitative estimate of drug-likeness (QED) is 0.555. The molecule has 4 heteroatoms. The van der Waals surface area contributed by atoms with E-state index in [-0.39, 0.29) is 0 Å². The van der Waals surface area contributed by atoms with Gasteiger partial charge in [-0.2, -0.15) is 0 Å². The highest BCUT2D eigenvalue weighted by Gasteiger charge is 1.96. The number of thiophene rings is 1. The lowest BCUT2D eigenvalue weighted by atomic mass is 10.2.